The first-order valence-electron chi connectivity index (χ1n) is 7.11. The second-order valence-electron chi connectivity index (χ2n) is 4.91. The third-order valence-corrected chi connectivity index (χ3v) is 4.50. The molecule has 21 heavy (non-hydrogen) atoms. The fourth-order valence-corrected chi connectivity index (χ4v) is 3.46. The van der Waals surface area contributed by atoms with Gasteiger partial charge in [0.25, 0.3) is 5.91 Å². The first-order valence-corrected chi connectivity index (χ1v) is 7.99. The molecule has 6 heteroatoms. The maximum Gasteiger partial charge on any atom is 0.283 e. The Hall–Kier alpha value is -1.37. The minimum atomic E-state index is -0.582. The molecule has 2 heterocycles. The quantitative estimate of drug-likeness (QED) is 0.807. The molecule has 5 nitrogen and oxygen atoms in total. The number of primary amides is 1. The first-order chi connectivity index (χ1) is 10.2. The minimum absolute atomic E-state index is 0.0179. The molecule has 0 radical (unpaired) electrons. The van der Waals surface area contributed by atoms with Crippen LogP contribution in [0.2, 0.25) is 0 Å². The Kier molecular flexibility index (Phi) is 5.78. The molecule has 116 valence electrons. The average molecular weight is 311 g/mol. The van der Waals surface area contributed by atoms with Crippen molar-refractivity contribution >= 4 is 17.2 Å². The average Bonchev–Trinajstić information content (AvgIpc) is 2.99. The topological polar surface area (TPSA) is 81.8 Å². The van der Waals surface area contributed by atoms with E-state index in [2.05, 4.69) is 0 Å². The summed E-state index contributed by atoms with van der Waals surface area (Å²) in [5.41, 5.74) is 5.36. The highest BCUT2D eigenvalue weighted by Gasteiger charge is 2.37. The lowest BCUT2D eigenvalue weighted by Gasteiger charge is -2.36. The molecule has 3 atom stereocenters. The van der Waals surface area contributed by atoms with Crippen LogP contribution in [0.4, 0.5) is 0 Å². The molecule has 0 aromatic carbocycles. The summed E-state index contributed by atoms with van der Waals surface area (Å²) in [6.07, 6.45) is 2.69. The number of aliphatic hydroxyl groups excluding tert-OH is 1. The zero-order chi connectivity index (χ0) is 15.2. The summed E-state index contributed by atoms with van der Waals surface area (Å²) in [5.74, 6) is -0.350. The second kappa shape index (κ2) is 7.59. The standard InChI is InChI=1S/C15H21NO4S/c1-2-19-15-10(5-3-7-17)11(13-6-4-8-21-13)9-12(20-15)14(16)18/h4,6,8-11,15,17H,2-3,5,7H2,1H3,(H2,16,18)/t10-,11-,15+/m0/s1. The molecule has 0 saturated carbocycles. The van der Waals surface area contributed by atoms with Gasteiger partial charge in [-0.15, -0.1) is 11.3 Å². The molecular formula is C15H21NO4S. The molecule has 1 aromatic rings. The Bertz CT molecular complexity index is 486. The maximum absolute atomic E-state index is 11.5. The van der Waals surface area contributed by atoms with Crippen molar-refractivity contribution < 1.29 is 19.4 Å². The molecule has 0 aliphatic carbocycles. The number of thiophene rings is 1. The number of rotatable bonds is 7. The predicted molar refractivity (Wildman–Crippen MR) is 80.6 cm³/mol. The van der Waals surface area contributed by atoms with E-state index in [1.54, 1.807) is 17.4 Å². The van der Waals surface area contributed by atoms with E-state index in [0.29, 0.717) is 13.0 Å². The van der Waals surface area contributed by atoms with Gasteiger partial charge in [-0.25, -0.2) is 0 Å². The largest absolute Gasteiger partial charge is 0.459 e. The highest BCUT2D eigenvalue weighted by molar-refractivity contribution is 7.10. The van der Waals surface area contributed by atoms with Crippen LogP contribution in [0.3, 0.4) is 0 Å². The fourth-order valence-electron chi connectivity index (χ4n) is 2.59. The molecular weight excluding hydrogens is 290 g/mol. The summed E-state index contributed by atoms with van der Waals surface area (Å²) < 4.78 is 11.3. The van der Waals surface area contributed by atoms with Gasteiger partial charge >= 0.3 is 0 Å². The fraction of sp³-hybridized carbons (Fsp3) is 0.533. The van der Waals surface area contributed by atoms with Crippen molar-refractivity contribution in [1.82, 2.24) is 0 Å². The third kappa shape index (κ3) is 3.84. The molecule has 1 aromatic heterocycles. The molecule has 1 amide bonds. The lowest BCUT2D eigenvalue weighted by molar-refractivity contribution is -0.165. The Balaban J connectivity index is 2.32. The van der Waals surface area contributed by atoms with Gasteiger partial charge in [0.2, 0.25) is 6.29 Å². The van der Waals surface area contributed by atoms with Crippen LogP contribution in [0.15, 0.2) is 29.3 Å². The number of nitrogens with two attached hydrogens (primary N) is 1. The van der Waals surface area contributed by atoms with Crippen LogP contribution in [0, 0.1) is 5.92 Å². The maximum atomic E-state index is 11.5. The van der Waals surface area contributed by atoms with E-state index in [-0.39, 0.29) is 24.2 Å². The van der Waals surface area contributed by atoms with Gasteiger partial charge in [-0.1, -0.05) is 6.07 Å². The van der Waals surface area contributed by atoms with Gasteiger partial charge in [0, 0.05) is 29.9 Å². The van der Waals surface area contributed by atoms with Crippen LogP contribution in [-0.4, -0.2) is 30.5 Å². The van der Waals surface area contributed by atoms with Crippen molar-refractivity contribution in [2.45, 2.75) is 32.0 Å². The van der Waals surface area contributed by atoms with Crippen LogP contribution < -0.4 is 5.73 Å². The van der Waals surface area contributed by atoms with Gasteiger partial charge in [-0.05, 0) is 37.3 Å². The SMILES string of the molecule is CCO[C@@H]1OC(C(N)=O)=C[C@H](c2cccs2)[C@@H]1CCCO. The van der Waals surface area contributed by atoms with E-state index in [9.17, 15) is 4.79 Å². The van der Waals surface area contributed by atoms with Crippen LogP contribution in [0.25, 0.3) is 0 Å². The molecule has 0 bridgehead atoms. The lowest BCUT2D eigenvalue weighted by atomic mass is 9.84. The number of amides is 1. The molecule has 0 fully saturated rings. The van der Waals surface area contributed by atoms with Crippen molar-refractivity contribution in [1.29, 1.82) is 0 Å². The van der Waals surface area contributed by atoms with E-state index >= 15 is 0 Å². The highest BCUT2D eigenvalue weighted by atomic mass is 32.1. The molecule has 0 unspecified atom stereocenters. The van der Waals surface area contributed by atoms with Crippen molar-refractivity contribution in [3.05, 3.63) is 34.2 Å². The van der Waals surface area contributed by atoms with E-state index in [1.807, 2.05) is 24.4 Å². The van der Waals surface area contributed by atoms with Crippen LogP contribution >= 0.6 is 11.3 Å². The summed E-state index contributed by atoms with van der Waals surface area (Å²) in [5, 5.41) is 11.1. The number of ether oxygens (including phenoxy) is 2. The zero-order valence-electron chi connectivity index (χ0n) is 12.0. The van der Waals surface area contributed by atoms with Gasteiger partial charge in [0.15, 0.2) is 5.76 Å². The van der Waals surface area contributed by atoms with Crippen molar-refractivity contribution in [2.24, 2.45) is 11.7 Å². The van der Waals surface area contributed by atoms with Crippen molar-refractivity contribution in [2.75, 3.05) is 13.2 Å². The van der Waals surface area contributed by atoms with E-state index < -0.39 is 12.2 Å². The molecule has 1 aliphatic rings. The van der Waals surface area contributed by atoms with Gasteiger partial charge < -0.3 is 20.3 Å². The predicted octanol–water partition coefficient (Wildman–Crippen LogP) is 1.98. The Labute approximate surface area is 128 Å². The normalized spacial score (nSPS) is 25.2. The minimum Gasteiger partial charge on any atom is -0.459 e. The molecule has 1 aliphatic heterocycles. The highest BCUT2D eigenvalue weighted by Crippen LogP contribution is 2.40. The van der Waals surface area contributed by atoms with E-state index in [1.165, 1.54) is 0 Å². The van der Waals surface area contributed by atoms with Crippen molar-refractivity contribution in [3.8, 4) is 0 Å². The number of carbonyl (C=O) groups excluding carboxylic acids is 1. The lowest BCUT2D eigenvalue weighted by Crippen LogP contribution is -2.37. The van der Waals surface area contributed by atoms with Gasteiger partial charge in [-0.2, -0.15) is 0 Å². The van der Waals surface area contributed by atoms with Crippen LogP contribution in [0.1, 0.15) is 30.6 Å². The molecule has 2 rings (SSSR count). The number of aliphatic hydroxyl groups is 1. The smallest absolute Gasteiger partial charge is 0.283 e. The molecule has 3 N–H and O–H groups in total. The van der Waals surface area contributed by atoms with Gasteiger partial charge in [0.05, 0.1) is 0 Å². The number of hydrogen-bond donors (Lipinski definition) is 2. The van der Waals surface area contributed by atoms with Crippen LogP contribution in [0.5, 0.6) is 0 Å². The molecule has 0 saturated heterocycles. The molecule has 0 spiro atoms. The second-order valence-corrected chi connectivity index (χ2v) is 5.89. The summed E-state index contributed by atoms with van der Waals surface area (Å²) in [6.45, 7) is 2.50. The Morgan fingerprint density at radius 2 is 2.38 bits per heavy atom. The zero-order valence-corrected chi connectivity index (χ0v) is 12.8. The van der Waals surface area contributed by atoms with Gasteiger partial charge in [-0.3, -0.25) is 4.79 Å². The van der Waals surface area contributed by atoms with Crippen molar-refractivity contribution in [3.63, 3.8) is 0 Å². The Morgan fingerprint density at radius 3 is 2.95 bits per heavy atom. The van der Waals surface area contributed by atoms with E-state index in [4.69, 9.17) is 20.3 Å². The summed E-state index contributed by atoms with van der Waals surface area (Å²) in [4.78, 5) is 12.6. The number of allylic oxidation sites excluding steroid dienone is 1. The number of hydrogen-bond acceptors (Lipinski definition) is 5. The monoisotopic (exact) mass is 311 g/mol. The first kappa shape index (κ1) is 16.0. The summed E-state index contributed by atoms with van der Waals surface area (Å²) in [7, 11) is 0. The number of carbonyl (C=O) groups is 1. The van der Waals surface area contributed by atoms with Gasteiger partial charge in [0.1, 0.15) is 0 Å². The summed E-state index contributed by atoms with van der Waals surface area (Å²) >= 11 is 1.63. The Morgan fingerprint density at radius 1 is 1.57 bits per heavy atom. The van der Waals surface area contributed by atoms with E-state index in [0.717, 1.165) is 11.3 Å². The summed E-state index contributed by atoms with van der Waals surface area (Å²) in [6, 6.07) is 4.01. The third-order valence-electron chi connectivity index (χ3n) is 3.53. The van der Waals surface area contributed by atoms with Crippen LogP contribution in [-0.2, 0) is 14.3 Å².